The summed E-state index contributed by atoms with van der Waals surface area (Å²) in [5.74, 6) is 0.705. The number of hydrogen-bond donors (Lipinski definition) is 2. The highest BCUT2D eigenvalue weighted by molar-refractivity contribution is 7.99. The number of nitrogens with zero attached hydrogens (tertiary/aromatic N) is 2. The third-order valence-corrected chi connectivity index (χ3v) is 4.48. The Bertz CT molecular complexity index is 945. The van der Waals surface area contributed by atoms with Crippen molar-refractivity contribution in [3.05, 3.63) is 66.1 Å². The lowest BCUT2D eigenvalue weighted by Gasteiger charge is -2.06. The van der Waals surface area contributed by atoms with Crippen LogP contribution < -0.4 is 15.4 Å². The predicted molar refractivity (Wildman–Crippen MR) is 109 cm³/mol. The Morgan fingerprint density at radius 1 is 1.07 bits per heavy atom. The Morgan fingerprint density at radius 2 is 1.83 bits per heavy atom. The summed E-state index contributed by atoms with van der Waals surface area (Å²) in [6.45, 7) is 2.61. The molecule has 0 atom stereocenters. The number of benzene rings is 2. The fourth-order valence-electron chi connectivity index (χ4n) is 2.34. The summed E-state index contributed by atoms with van der Waals surface area (Å²) in [4.78, 5) is 24.1. The van der Waals surface area contributed by atoms with Gasteiger partial charge < -0.3 is 19.8 Å². The molecule has 29 heavy (non-hydrogen) atoms. The zero-order chi connectivity index (χ0) is 20.5. The Morgan fingerprint density at radius 3 is 2.55 bits per heavy atom. The van der Waals surface area contributed by atoms with Gasteiger partial charge in [-0.25, -0.2) is 0 Å². The van der Waals surface area contributed by atoms with Gasteiger partial charge in [-0.05, 0) is 43.3 Å². The van der Waals surface area contributed by atoms with Crippen molar-refractivity contribution in [2.24, 2.45) is 0 Å². The van der Waals surface area contributed by atoms with Gasteiger partial charge in [-0.3, -0.25) is 9.59 Å². The second kappa shape index (κ2) is 10.3. The highest BCUT2D eigenvalue weighted by Crippen LogP contribution is 2.18. The number of ether oxygens (including phenoxy) is 1. The molecule has 0 aliphatic heterocycles. The molecule has 1 aromatic heterocycles. The molecule has 0 bridgehead atoms. The average Bonchev–Trinajstić information content (AvgIpc) is 3.21. The molecule has 0 unspecified atom stereocenters. The smallest absolute Gasteiger partial charge is 0.277 e. The number of hydrogen-bond acceptors (Lipinski definition) is 7. The first-order valence-electron chi connectivity index (χ1n) is 8.95. The summed E-state index contributed by atoms with van der Waals surface area (Å²) < 4.78 is 10.8. The molecule has 0 saturated carbocycles. The Kier molecular flexibility index (Phi) is 7.23. The predicted octanol–water partition coefficient (Wildman–Crippen LogP) is 3.13. The lowest BCUT2D eigenvalue weighted by Crippen LogP contribution is -2.22. The van der Waals surface area contributed by atoms with Crippen molar-refractivity contribution in [2.75, 3.05) is 17.7 Å². The van der Waals surface area contributed by atoms with Gasteiger partial charge >= 0.3 is 0 Å². The van der Waals surface area contributed by atoms with Gasteiger partial charge in [0.2, 0.25) is 11.8 Å². The first-order chi connectivity index (χ1) is 14.1. The Balaban J connectivity index is 1.42. The fourth-order valence-corrected chi connectivity index (χ4v) is 2.92. The summed E-state index contributed by atoms with van der Waals surface area (Å²) in [6, 6.07) is 16.0. The minimum Gasteiger partial charge on any atom is -0.494 e. The number of carbonyl (C=O) groups excluding carboxylic acids is 2. The van der Waals surface area contributed by atoms with Gasteiger partial charge in [0.25, 0.3) is 11.1 Å². The van der Waals surface area contributed by atoms with Crippen LogP contribution in [0.25, 0.3) is 0 Å². The second-order valence-corrected chi connectivity index (χ2v) is 6.73. The van der Waals surface area contributed by atoms with Crippen LogP contribution in [-0.2, 0) is 11.3 Å². The van der Waals surface area contributed by atoms with Crippen molar-refractivity contribution >= 4 is 29.3 Å². The van der Waals surface area contributed by atoms with E-state index >= 15 is 0 Å². The van der Waals surface area contributed by atoms with E-state index in [1.54, 1.807) is 48.5 Å². The van der Waals surface area contributed by atoms with Crippen LogP contribution in [0.3, 0.4) is 0 Å². The number of amides is 2. The van der Waals surface area contributed by atoms with E-state index < -0.39 is 0 Å². The molecule has 9 heteroatoms. The fraction of sp³-hybridized carbons (Fsp3) is 0.200. The Labute approximate surface area is 172 Å². The van der Waals surface area contributed by atoms with Crippen molar-refractivity contribution in [1.29, 1.82) is 0 Å². The van der Waals surface area contributed by atoms with E-state index in [1.807, 2.05) is 13.0 Å². The molecule has 2 aromatic carbocycles. The normalized spacial score (nSPS) is 10.4. The summed E-state index contributed by atoms with van der Waals surface area (Å²) in [5.41, 5.74) is 1.22. The topological polar surface area (TPSA) is 106 Å². The van der Waals surface area contributed by atoms with Crippen LogP contribution in [0.15, 0.2) is 64.2 Å². The number of carbonyl (C=O) groups is 2. The molecule has 2 amide bonds. The molecule has 3 aromatic rings. The van der Waals surface area contributed by atoms with Crippen molar-refractivity contribution in [1.82, 2.24) is 15.5 Å². The molecule has 8 nitrogen and oxygen atoms in total. The minimum atomic E-state index is -0.229. The molecular formula is C20H20N4O4S. The summed E-state index contributed by atoms with van der Waals surface area (Å²) in [7, 11) is 0. The average molecular weight is 412 g/mol. The first kappa shape index (κ1) is 20.4. The van der Waals surface area contributed by atoms with E-state index in [9.17, 15) is 9.59 Å². The van der Waals surface area contributed by atoms with E-state index in [1.165, 1.54) is 0 Å². The lowest BCUT2D eigenvalue weighted by atomic mass is 10.2. The monoisotopic (exact) mass is 412 g/mol. The Hall–Kier alpha value is -3.33. The van der Waals surface area contributed by atoms with Crippen LogP contribution in [0.4, 0.5) is 5.69 Å². The van der Waals surface area contributed by atoms with Crippen LogP contribution in [0.5, 0.6) is 5.75 Å². The highest BCUT2D eigenvalue weighted by Gasteiger charge is 2.11. The molecule has 0 radical (unpaired) electrons. The number of nitrogens with one attached hydrogen (secondary N) is 2. The van der Waals surface area contributed by atoms with Gasteiger partial charge in [0.15, 0.2) is 0 Å². The maximum atomic E-state index is 12.1. The summed E-state index contributed by atoms with van der Waals surface area (Å²) in [6.07, 6.45) is 0. The number of anilines is 1. The first-order valence-corrected chi connectivity index (χ1v) is 9.93. The summed E-state index contributed by atoms with van der Waals surface area (Å²) in [5, 5.41) is 13.5. The molecule has 2 N–H and O–H groups in total. The lowest BCUT2D eigenvalue weighted by molar-refractivity contribution is -0.113. The van der Waals surface area contributed by atoms with Crippen LogP contribution in [0, 0.1) is 0 Å². The zero-order valence-corrected chi connectivity index (χ0v) is 16.6. The molecular weight excluding hydrogens is 392 g/mol. The number of thioether (sulfide) groups is 1. The standard InChI is InChI=1S/C20H20N4O4S/c1-2-27-16-10-8-15(9-11-16)22-17(25)13-29-20-24-23-18(28-20)12-21-19(26)14-6-4-3-5-7-14/h3-11H,2,12-13H2,1H3,(H,21,26)(H,22,25). The number of rotatable bonds is 9. The van der Waals surface area contributed by atoms with Crippen molar-refractivity contribution in [2.45, 2.75) is 18.7 Å². The van der Waals surface area contributed by atoms with E-state index in [0.717, 1.165) is 17.5 Å². The molecule has 3 rings (SSSR count). The maximum absolute atomic E-state index is 12.1. The van der Waals surface area contributed by atoms with E-state index in [0.29, 0.717) is 17.9 Å². The second-order valence-electron chi connectivity index (χ2n) is 5.80. The molecule has 0 aliphatic carbocycles. The van der Waals surface area contributed by atoms with Gasteiger partial charge in [0.05, 0.1) is 18.9 Å². The quantitative estimate of drug-likeness (QED) is 0.520. The van der Waals surface area contributed by atoms with Crippen LogP contribution in [-0.4, -0.2) is 34.4 Å². The van der Waals surface area contributed by atoms with Crippen LogP contribution >= 0.6 is 11.8 Å². The maximum Gasteiger partial charge on any atom is 0.277 e. The van der Waals surface area contributed by atoms with E-state index in [4.69, 9.17) is 9.15 Å². The van der Waals surface area contributed by atoms with Gasteiger partial charge in [0, 0.05) is 11.3 Å². The van der Waals surface area contributed by atoms with Crippen LogP contribution in [0.2, 0.25) is 0 Å². The third kappa shape index (κ3) is 6.35. The van der Waals surface area contributed by atoms with Gasteiger partial charge in [-0.2, -0.15) is 0 Å². The number of aromatic nitrogens is 2. The molecule has 0 fully saturated rings. The van der Waals surface area contributed by atoms with Crippen molar-refractivity contribution < 1.29 is 18.7 Å². The molecule has 0 spiro atoms. The SMILES string of the molecule is CCOc1ccc(NC(=O)CSc2nnc(CNC(=O)c3ccccc3)o2)cc1. The zero-order valence-electron chi connectivity index (χ0n) is 15.8. The van der Waals surface area contributed by atoms with Crippen molar-refractivity contribution in [3.8, 4) is 5.75 Å². The molecule has 150 valence electrons. The molecule has 0 aliphatic rings. The van der Waals surface area contributed by atoms with Gasteiger partial charge in [-0.1, -0.05) is 30.0 Å². The van der Waals surface area contributed by atoms with E-state index in [2.05, 4.69) is 20.8 Å². The minimum absolute atomic E-state index is 0.111. The largest absolute Gasteiger partial charge is 0.494 e. The van der Waals surface area contributed by atoms with Crippen molar-refractivity contribution in [3.63, 3.8) is 0 Å². The van der Waals surface area contributed by atoms with E-state index in [-0.39, 0.29) is 35.2 Å². The third-order valence-electron chi connectivity index (χ3n) is 3.66. The van der Waals surface area contributed by atoms with Gasteiger partial charge in [-0.15, -0.1) is 10.2 Å². The van der Waals surface area contributed by atoms with Gasteiger partial charge in [0.1, 0.15) is 5.75 Å². The molecule has 1 heterocycles. The summed E-state index contributed by atoms with van der Waals surface area (Å²) >= 11 is 1.12. The van der Waals surface area contributed by atoms with Crippen LogP contribution in [0.1, 0.15) is 23.2 Å². The highest BCUT2D eigenvalue weighted by atomic mass is 32.2. The molecule has 0 saturated heterocycles.